The quantitative estimate of drug-likeness (QED) is 0.854. The molecule has 0 aliphatic heterocycles. The molecule has 0 aromatic carbocycles. The highest BCUT2D eigenvalue weighted by atomic mass is 32.1. The van der Waals surface area contributed by atoms with Crippen molar-refractivity contribution in [2.24, 2.45) is 7.05 Å². The summed E-state index contributed by atoms with van der Waals surface area (Å²) in [6, 6.07) is 1.66. The van der Waals surface area contributed by atoms with Crippen molar-refractivity contribution in [2.45, 2.75) is 0 Å². The van der Waals surface area contributed by atoms with Gasteiger partial charge in [0.15, 0.2) is 0 Å². The van der Waals surface area contributed by atoms with Crippen molar-refractivity contribution in [1.82, 2.24) is 9.55 Å². The van der Waals surface area contributed by atoms with Gasteiger partial charge in [-0.3, -0.25) is 4.79 Å². The third-order valence-corrected chi connectivity index (χ3v) is 3.23. The topological polar surface area (TPSA) is 73.2 Å². The molecular formula is C11H11N3O3S. The zero-order valence-corrected chi connectivity index (χ0v) is 10.7. The van der Waals surface area contributed by atoms with Crippen LogP contribution in [0, 0.1) is 0 Å². The number of carbonyl (C=O) groups is 2. The molecule has 6 nitrogen and oxygen atoms in total. The standard InChI is InChI=1S/C11H11N3O3S/c1-14-6-12-5-8(14)10(15)13-7-3-4-18-9(7)11(16)17-2/h3-6H,1-2H3,(H,13,15). The Labute approximate surface area is 107 Å². The predicted octanol–water partition coefficient (Wildman–Crippen LogP) is 1.52. The molecule has 7 heteroatoms. The molecular weight excluding hydrogens is 254 g/mol. The molecule has 0 fully saturated rings. The maximum absolute atomic E-state index is 11.9. The first-order valence-corrected chi connectivity index (χ1v) is 5.95. The minimum Gasteiger partial charge on any atom is -0.465 e. The third-order valence-electron chi connectivity index (χ3n) is 2.33. The zero-order valence-electron chi connectivity index (χ0n) is 9.84. The number of anilines is 1. The molecule has 0 unspecified atom stereocenters. The third kappa shape index (κ3) is 2.25. The van der Waals surface area contributed by atoms with Crippen molar-refractivity contribution in [3.05, 3.63) is 34.5 Å². The number of methoxy groups -OCH3 is 1. The summed E-state index contributed by atoms with van der Waals surface area (Å²) < 4.78 is 6.23. The number of hydrogen-bond acceptors (Lipinski definition) is 5. The van der Waals surface area contributed by atoms with Gasteiger partial charge in [-0.15, -0.1) is 11.3 Å². The predicted molar refractivity (Wildman–Crippen MR) is 66.8 cm³/mol. The molecule has 0 spiro atoms. The molecule has 0 saturated heterocycles. The summed E-state index contributed by atoms with van der Waals surface area (Å²) in [5, 5.41) is 4.37. The Morgan fingerprint density at radius 1 is 1.50 bits per heavy atom. The number of imidazole rings is 1. The highest BCUT2D eigenvalue weighted by Crippen LogP contribution is 2.23. The number of rotatable bonds is 3. The Morgan fingerprint density at radius 2 is 2.28 bits per heavy atom. The number of aryl methyl sites for hydroxylation is 1. The first kappa shape index (κ1) is 12.3. The average Bonchev–Trinajstić information content (AvgIpc) is 2.97. The van der Waals surface area contributed by atoms with Gasteiger partial charge < -0.3 is 14.6 Å². The van der Waals surface area contributed by atoms with E-state index in [0.29, 0.717) is 16.3 Å². The van der Waals surface area contributed by atoms with E-state index in [1.165, 1.54) is 31.0 Å². The van der Waals surface area contributed by atoms with Crippen LogP contribution in [0.5, 0.6) is 0 Å². The van der Waals surface area contributed by atoms with Crippen LogP contribution in [0.1, 0.15) is 20.2 Å². The van der Waals surface area contributed by atoms with Crippen molar-refractivity contribution >= 4 is 28.9 Å². The van der Waals surface area contributed by atoms with Crippen molar-refractivity contribution in [3.8, 4) is 0 Å². The lowest BCUT2D eigenvalue weighted by atomic mass is 10.3. The number of nitrogens with zero attached hydrogens (tertiary/aromatic N) is 2. The van der Waals surface area contributed by atoms with E-state index in [4.69, 9.17) is 0 Å². The number of nitrogens with one attached hydrogen (secondary N) is 1. The van der Waals surface area contributed by atoms with E-state index in [9.17, 15) is 9.59 Å². The Bertz CT molecular complexity index is 588. The molecule has 0 aliphatic carbocycles. The van der Waals surface area contributed by atoms with Crippen LogP contribution in [0.2, 0.25) is 0 Å². The Balaban J connectivity index is 2.20. The minimum atomic E-state index is -0.467. The minimum absolute atomic E-state index is 0.321. The molecule has 0 radical (unpaired) electrons. The number of ether oxygens (including phenoxy) is 1. The summed E-state index contributed by atoms with van der Waals surface area (Å²) in [6.45, 7) is 0. The van der Waals surface area contributed by atoms with E-state index in [1.807, 2.05) is 0 Å². The van der Waals surface area contributed by atoms with Gasteiger partial charge in [-0.2, -0.15) is 0 Å². The number of hydrogen-bond donors (Lipinski definition) is 1. The van der Waals surface area contributed by atoms with Gasteiger partial charge in [0, 0.05) is 7.05 Å². The molecule has 2 heterocycles. The highest BCUT2D eigenvalue weighted by molar-refractivity contribution is 7.12. The monoisotopic (exact) mass is 265 g/mol. The number of carbonyl (C=O) groups excluding carboxylic acids is 2. The van der Waals surface area contributed by atoms with Gasteiger partial charge in [0.25, 0.3) is 5.91 Å². The number of thiophene rings is 1. The molecule has 1 N–H and O–H groups in total. The summed E-state index contributed by atoms with van der Waals surface area (Å²) >= 11 is 1.21. The molecule has 2 aromatic rings. The van der Waals surface area contributed by atoms with E-state index in [0.717, 1.165) is 0 Å². The summed E-state index contributed by atoms with van der Waals surface area (Å²) in [5.74, 6) is -0.788. The van der Waals surface area contributed by atoms with Crippen molar-refractivity contribution < 1.29 is 14.3 Å². The summed E-state index contributed by atoms with van der Waals surface area (Å²) in [7, 11) is 3.02. The Morgan fingerprint density at radius 3 is 2.89 bits per heavy atom. The SMILES string of the molecule is COC(=O)c1sccc1NC(=O)c1cncn1C. The average molecular weight is 265 g/mol. The smallest absolute Gasteiger partial charge is 0.350 e. The van der Waals surface area contributed by atoms with E-state index >= 15 is 0 Å². The second kappa shape index (κ2) is 5.01. The van der Waals surface area contributed by atoms with Crippen molar-refractivity contribution in [3.63, 3.8) is 0 Å². The number of aromatic nitrogens is 2. The van der Waals surface area contributed by atoms with Gasteiger partial charge in [-0.25, -0.2) is 9.78 Å². The summed E-state index contributed by atoms with van der Waals surface area (Å²) in [6.07, 6.45) is 2.99. The van der Waals surface area contributed by atoms with E-state index in [2.05, 4.69) is 15.0 Å². The number of amides is 1. The van der Waals surface area contributed by atoms with Crippen LogP contribution in [-0.2, 0) is 11.8 Å². The second-order valence-electron chi connectivity index (χ2n) is 3.50. The Kier molecular flexibility index (Phi) is 3.42. The normalized spacial score (nSPS) is 10.1. The molecule has 1 amide bonds. The van der Waals surface area contributed by atoms with Crippen molar-refractivity contribution in [2.75, 3.05) is 12.4 Å². The van der Waals surface area contributed by atoms with Crippen LogP contribution in [0.25, 0.3) is 0 Å². The van der Waals surface area contributed by atoms with Gasteiger partial charge >= 0.3 is 5.97 Å². The first-order valence-electron chi connectivity index (χ1n) is 5.07. The van der Waals surface area contributed by atoms with Crippen LogP contribution in [0.4, 0.5) is 5.69 Å². The molecule has 0 atom stereocenters. The first-order chi connectivity index (χ1) is 8.63. The molecule has 0 aliphatic rings. The van der Waals surface area contributed by atoms with Crippen LogP contribution < -0.4 is 5.32 Å². The molecule has 94 valence electrons. The fraction of sp³-hybridized carbons (Fsp3) is 0.182. The lowest BCUT2D eigenvalue weighted by Crippen LogP contribution is -2.16. The zero-order chi connectivity index (χ0) is 13.1. The van der Waals surface area contributed by atoms with E-state index in [-0.39, 0.29) is 5.91 Å². The van der Waals surface area contributed by atoms with Gasteiger partial charge in [-0.05, 0) is 11.4 Å². The van der Waals surface area contributed by atoms with Crippen LogP contribution in [0.15, 0.2) is 24.0 Å². The van der Waals surface area contributed by atoms with Crippen molar-refractivity contribution in [1.29, 1.82) is 0 Å². The van der Waals surface area contributed by atoms with E-state index < -0.39 is 5.97 Å². The van der Waals surface area contributed by atoms with E-state index in [1.54, 1.807) is 23.1 Å². The molecule has 0 bridgehead atoms. The maximum Gasteiger partial charge on any atom is 0.350 e. The second-order valence-corrected chi connectivity index (χ2v) is 4.42. The number of esters is 1. The van der Waals surface area contributed by atoms with Gasteiger partial charge in [0.2, 0.25) is 0 Å². The van der Waals surface area contributed by atoms with Crippen LogP contribution in [-0.4, -0.2) is 28.5 Å². The lowest BCUT2D eigenvalue weighted by Gasteiger charge is -2.05. The molecule has 2 rings (SSSR count). The van der Waals surface area contributed by atoms with Gasteiger partial charge in [0.1, 0.15) is 10.6 Å². The fourth-order valence-corrected chi connectivity index (χ4v) is 2.19. The van der Waals surface area contributed by atoms with Gasteiger partial charge in [-0.1, -0.05) is 0 Å². The molecule has 0 saturated carbocycles. The molecule has 18 heavy (non-hydrogen) atoms. The highest BCUT2D eigenvalue weighted by Gasteiger charge is 2.17. The van der Waals surface area contributed by atoms with Crippen LogP contribution >= 0.6 is 11.3 Å². The molecule has 2 aromatic heterocycles. The van der Waals surface area contributed by atoms with Crippen LogP contribution in [0.3, 0.4) is 0 Å². The fourth-order valence-electron chi connectivity index (χ4n) is 1.42. The summed E-state index contributed by atoms with van der Waals surface area (Å²) in [4.78, 5) is 27.6. The Hall–Kier alpha value is -2.15. The maximum atomic E-state index is 11.9. The largest absolute Gasteiger partial charge is 0.465 e. The summed E-state index contributed by atoms with van der Waals surface area (Å²) in [5.41, 5.74) is 0.857. The van der Waals surface area contributed by atoms with Gasteiger partial charge in [0.05, 0.1) is 25.3 Å². The lowest BCUT2D eigenvalue weighted by molar-refractivity contribution is 0.0607.